The number of rotatable bonds is 2. The van der Waals surface area contributed by atoms with E-state index in [2.05, 4.69) is 9.97 Å². The van der Waals surface area contributed by atoms with Gasteiger partial charge in [-0.1, -0.05) is 29.8 Å². The third kappa shape index (κ3) is 2.38. The van der Waals surface area contributed by atoms with E-state index in [0.717, 1.165) is 6.20 Å². The fourth-order valence-corrected chi connectivity index (χ4v) is 1.73. The summed E-state index contributed by atoms with van der Waals surface area (Å²) in [4.78, 5) is 18.6. The van der Waals surface area contributed by atoms with E-state index >= 15 is 0 Å². The molecule has 0 aliphatic heterocycles. The van der Waals surface area contributed by atoms with Crippen LogP contribution in [0, 0.1) is 0 Å². The molecule has 0 amide bonds. The Bertz CT molecular complexity index is 587. The summed E-state index contributed by atoms with van der Waals surface area (Å²) in [5.74, 6) is -1.13. The second-order valence-corrected chi connectivity index (χ2v) is 3.93. The fraction of sp³-hybridized carbons (Fsp3) is 0. The number of hydrogen-bond donors (Lipinski definition) is 1. The van der Waals surface area contributed by atoms with E-state index in [0.29, 0.717) is 10.6 Å². The van der Waals surface area contributed by atoms with E-state index in [-0.39, 0.29) is 16.5 Å². The predicted octanol–water partition coefficient (Wildman–Crippen LogP) is 3.15. The average Bonchev–Trinajstić information content (AvgIpc) is 2.29. The molecule has 0 fully saturated rings. The first-order chi connectivity index (χ1) is 8.09. The highest BCUT2D eigenvalue weighted by molar-refractivity contribution is 6.33. The number of benzene rings is 1. The summed E-state index contributed by atoms with van der Waals surface area (Å²) in [5.41, 5.74) is 0.682. The Morgan fingerprint density at radius 2 is 1.94 bits per heavy atom. The van der Waals surface area contributed by atoms with Crippen molar-refractivity contribution in [2.45, 2.75) is 0 Å². The lowest BCUT2D eigenvalue weighted by molar-refractivity contribution is 0.0697. The highest BCUT2D eigenvalue weighted by Gasteiger charge is 2.16. The molecule has 1 heterocycles. The molecule has 2 aromatic rings. The molecule has 0 radical (unpaired) electrons. The van der Waals surface area contributed by atoms with E-state index in [1.54, 1.807) is 24.3 Å². The Morgan fingerprint density at radius 1 is 1.24 bits per heavy atom. The maximum Gasteiger partial charge on any atom is 0.339 e. The number of nitrogens with zero attached hydrogens (tertiary/aromatic N) is 2. The standard InChI is InChI=1S/C11H6Cl2N2O2/c12-8-4-2-1-3-6(8)9-7(10(16)17)5-14-11(13)15-9/h1-5H,(H,16,17). The zero-order chi connectivity index (χ0) is 12.4. The minimum Gasteiger partial charge on any atom is -0.478 e. The van der Waals surface area contributed by atoms with E-state index in [9.17, 15) is 4.79 Å². The summed E-state index contributed by atoms with van der Waals surface area (Å²) in [6.07, 6.45) is 1.16. The van der Waals surface area contributed by atoms with Gasteiger partial charge in [-0.25, -0.2) is 14.8 Å². The van der Waals surface area contributed by atoms with Crippen molar-refractivity contribution >= 4 is 29.2 Å². The highest BCUT2D eigenvalue weighted by atomic mass is 35.5. The quantitative estimate of drug-likeness (QED) is 0.850. The van der Waals surface area contributed by atoms with Crippen molar-refractivity contribution < 1.29 is 9.90 Å². The molecule has 0 atom stereocenters. The predicted molar refractivity (Wildman–Crippen MR) is 64.4 cm³/mol. The van der Waals surface area contributed by atoms with Crippen LogP contribution in [0.15, 0.2) is 30.5 Å². The number of aromatic nitrogens is 2. The minimum atomic E-state index is -1.13. The molecule has 1 aromatic carbocycles. The van der Waals surface area contributed by atoms with Gasteiger partial charge in [0.05, 0.1) is 5.69 Å². The Morgan fingerprint density at radius 3 is 2.59 bits per heavy atom. The Labute approximate surface area is 107 Å². The number of halogens is 2. The molecule has 0 aliphatic rings. The van der Waals surface area contributed by atoms with Gasteiger partial charge in [-0.05, 0) is 17.7 Å². The van der Waals surface area contributed by atoms with Crippen molar-refractivity contribution in [1.82, 2.24) is 9.97 Å². The molecule has 0 unspecified atom stereocenters. The molecule has 86 valence electrons. The molecular weight excluding hydrogens is 263 g/mol. The van der Waals surface area contributed by atoms with Gasteiger partial charge in [0.15, 0.2) is 0 Å². The van der Waals surface area contributed by atoms with Crippen LogP contribution in [0.3, 0.4) is 0 Å². The number of carbonyl (C=O) groups is 1. The van der Waals surface area contributed by atoms with Crippen molar-refractivity contribution in [1.29, 1.82) is 0 Å². The Kier molecular flexibility index (Phi) is 3.26. The van der Waals surface area contributed by atoms with Crippen LogP contribution in [-0.2, 0) is 0 Å². The molecule has 0 bridgehead atoms. The first-order valence-corrected chi connectivity index (χ1v) is 5.36. The van der Waals surface area contributed by atoms with Crippen molar-refractivity contribution in [3.05, 3.63) is 46.3 Å². The summed E-state index contributed by atoms with van der Waals surface area (Å²) in [7, 11) is 0. The van der Waals surface area contributed by atoms with Crippen LogP contribution in [0.1, 0.15) is 10.4 Å². The molecule has 0 spiro atoms. The lowest BCUT2D eigenvalue weighted by Gasteiger charge is -2.06. The smallest absolute Gasteiger partial charge is 0.339 e. The normalized spacial score (nSPS) is 10.2. The molecular formula is C11H6Cl2N2O2. The third-order valence-electron chi connectivity index (χ3n) is 2.12. The van der Waals surface area contributed by atoms with E-state index in [1.165, 1.54) is 0 Å². The van der Waals surface area contributed by atoms with Gasteiger partial charge in [0.2, 0.25) is 5.28 Å². The first-order valence-electron chi connectivity index (χ1n) is 4.60. The average molecular weight is 269 g/mol. The first kappa shape index (κ1) is 11.8. The maximum atomic E-state index is 11.1. The molecule has 2 rings (SSSR count). The minimum absolute atomic E-state index is 0.0232. The second-order valence-electron chi connectivity index (χ2n) is 3.19. The van der Waals surface area contributed by atoms with E-state index < -0.39 is 5.97 Å². The number of aromatic carboxylic acids is 1. The van der Waals surface area contributed by atoms with Crippen LogP contribution in [0.25, 0.3) is 11.3 Å². The summed E-state index contributed by atoms with van der Waals surface area (Å²) in [6.45, 7) is 0. The Hall–Kier alpha value is -1.65. The third-order valence-corrected chi connectivity index (χ3v) is 2.63. The summed E-state index contributed by atoms with van der Waals surface area (Å²) >= 11 is 11.7. The van der Waals surface area contributed by atoms with Crippen molar-refractivity contribution in [2.24, 2.45) is 0 Å². The fourth-order valence-electron chi connectivity index (χ4n) is 1.38. The van der Waals surface area contributed by atoms with Crippen LogP contribution >= 0.6 is 23.2 Å². The monoisotopic (exact) mass is 268 g/mol. The molecule has 0 saturated heterocycles. The van der Waals surface area contributed by atoms with Crippen LogP contribution in [0.5, 0.6) is 0 Å². The largest absolute Gasteiger partial charge is 0.478 e. The van der Waals surface area contributed by atoms with Gasteiger partial charge >= 0.3 is 5.97 Å². The van der Waals surface area contributed by atoms with Crippen LogP contribution in [0.2, 0.25) is 10.3 Å². The van der Waals surface area contributed by atoms with Crippen LogP contribution < -0.4 is 0 Å². The van der Waals surface area contributed by atoms with Gasteiger partial charge in [0, 0.05) is 16.8 Å². The van der Waals surface area contributed by atoms with Gasteiger partial charge < -0.3 is 5.11 Å². The Balaban J connectivity index is 2.70. The van der Waals surface area contributed by atoms with Gasteiger partial charge in [-0.15, -0.1) is 0 Å². The lowest BCUT2D eigenvalue weighted by Crippen LogP contribution is -2.03. The molecule has 4 nitrogen and oxygen atoms in total. The van der Waals surface area contributed by atoms with Crippen LogP contribution in [-0.4, -0.2) is 21.0 Å². The van der Waals surface area contributed by atoms with Crippen molar-refractivity contribution in [3.8, 4) is 11.3 Å². The van der Waals surface area contributed by atoms with E-state index in [1.807, 2.05) is 0 Å². The van der Waals surface area contributed by atoms with Crippen LogP contribution in [0.4, 0.5) is 0 Å². The molecule has 17 heavy (non-hydrogen) atoms. The van der Waals surface area contributed by atoms with Crippen molar-refractivity contribution in [3.63, 3.8) is 0 Å². The van der Waals surface area contributed by atoms with Crippen molar-refractivity contribution in [2.75, 3.05) is 0 Å². The number of carboxylic acids is 1. The van der Waals surface area contributed by atoms with Gasteiger partial charge in [0.1, 0.15) is 5.56 Å². The topological polar surface area (TPSA) is 63.1 Å². The second kappa shape index (κ2) is 4.69. The SMILES string of the molecule is O=C(O)c1cnc(Cl)nc1-c1ccccc1Cl. The summed E-state index contributed by atoms with van der Waals surface area (Å²) in [6, 6.07) is 6.81. The molecule has 0 aliphatic carbocycles. The van der Waals surface area contributed by atoms with Gasteiger partial charge in [-0.3, -0.25) is 0 Å². The van der Waals surface area contributed by atoms with E-state index in [4.69, 9.17) is 28.3 Å². The summed E-state index contributed by atoms with van der Waals surface area (Å²) in [5, 5.41) is 9.43. The molecule has 6 heteroatoms. The zero-order valence-electron chi connectivity index (χ0n) is 8.39. The molecule has 1 aromatic heterocycles. The van der Waals surface area contributed by atoms with Gasteiger partial charge in [-0.2, -0.15) is 0 Å². The zero-order valence-corrected chi connectivity index (χ0v) is 9.90. The molecule has 1 N–H and O–H groups in total. The number of carboxylic acid groups (broad SMARTS) is 1. The lowest BCUT2D eigenvalue weighted by atomic mass is 10.1. The number of hydrogen-bond acceptors (Lipinski definition) is 3. The molecule has 0 saturated carbocycles. The highest BCUT2D eigenvalue weighted by Crippen LogP contribution is 2.29. The summed E-state index contributed by atoms with van der Waals surface area (Å²) < 4.78 is 0. The maximum absolute atomic E-state index is 11.1. The van der Waals surface area contributed by atoms with Gasteiger partial charge in [0.25, 0.3) is 0 Å².